The predicted molar refractivity (Wildman–Crippen MR) is 83.8 cm³/mol. The maximum Gasteiger partial charge on any atom is 0.152 e. The second-order valence-corrected chi connectivity index (χ2v) is 10.1. The number of sulfone groups is 1. The molecule has 0 spiro atoms. The summed E-state index contributed by atoms with van der Waals surface area (Å²) in [6, 6.07) is 0. The Hall–Kier alpha value is -0.130. The van der Waals surface area contributed by atoms with E-state index in [2.05, 4.69) is 26.1 Å². The highest BCUT2D eigenvalue weighted by molar-refractivity contribution is 7.91. The molecule has 0 unspecified atom stereocenters. The van der Waals surface area contributed by atoms with E-state index in [1.807, 2.05) is 0 Å². The molecule has 1 saturated heterocycles. The molecule has 0 saturated carbocycles. The summed E-state index contributed by atoms with van der Waals surface area (Å²) in [5.74, 6) is 0.288. The number of hydrogen-bond donors (Lipinski definition) is 1. The van der Waals surface area contributed by atoms with E-state index in [1.165, 1.54) is 0 Å². The van der Waals surface area contributed by atoms with Crippen molar-refractivity contribution in [3.05, 3.63) is 0 Å². The van der Waals surface area contributed by atoms with E-state index < -0.39 is 9.84 Å². The largest absolute Gasteiger partial charge is 0.381 e. The molecule has 0 aromatic heterocycles. The van der Waals surface area contributed by atoms with Gasteiger partial charge in [-0.3, -0.25) is 0 Å². The first-order valence-corrected chi connectivity index (χ1v) is 9.32. The Labute approximate surface area is 124 Å². The summed E-state index contributed by atoms with van der Waals surface area (Å²) in [7, 11) is -2.96. The van der Waals surface area contributed by atoms with Gasteiger partial charge in [-0.25, -0.2) is 8.42 Å². The first-order chi connectivity index (χ1) is 9.06. The lowest BCUT2D eigenvalue weighted by atomic mass is 9.77. The topological polar surface area (TPSA) is 55.4 Å². The highest BCUT2D eigenvalue weighted by atomic mass is 32.2. The van der Waals surface area contributed by atoms with Crippen molar-refractivity contribution >= 4 is 9.84 Å². The molecule has 0 atom stereocenters. The van der Waals surface area contributed by atoms with Gasteiger partial charge in [-0.2, -0.15) is 0 Å². The fourth-order valence-electron chi connectivity index (χ4n) is 2.37. The van der Waals surface area contributed by atoms with Crippen LogP contribution in [0.2, 0.25) is 0 Å². The molecule has 120 valence electrons. The van der Waals surface area contributed by atoms with Crippen molar-refractivity contribution in [1.29, 1.82) is 0 Å². The second kappa shape index (κ2) is 6.75. The Bertz CT molecular complexity index is 390. The first kappa shape index (κ1) is 17.9. The molecule has 1 N–H and O–H groups in total. The van der Waals surface area contributed by atoms with Gasteiger partial charge in [0.15, 0.2) is 9.84 Å². The molecule has 0 aliphatic carbocycles. The molecule has 1 fully saturated rings. The van der Waals surface area contributed by atoms with Gasteiger partial charge < -0.3 is 10.1 Å². The summed E-state index contributed by atoms with van der Waals surface area (Å²) in [4.78, 5) is 0. The van der Waals surface area contributed by atoms with Crippen LogP contribution in [0.5, 0.6) is 0 Å². The molecule has 0 radical (unpaired) electrons. The van der Waals surface area contributed by atoms with E-state index in [9.17, 15) is 8.42 Å². The van der Waals surface area contributed by atoms with Crippen LogP contribution >= 0.6 is 0 Å². The second-order valence-electron chi connectivity index (χ2n) is 7.38. The average Bonchev–Trinajstić information content (AvgIpc) is 2.35. The molecule has 20 heavy (non-hydrogen) atoms. The minimum absolute atomic E-state index is 0.0578. The Morgan fingerprint density at radius 1 is 1.20 bits per heavy atom. The summed E-state index contributed by atoms with van der Waals surface area (Å²) in [6.45, 7) is 12.3. The Balaban J connectivity index is 2.69. The highest BCUT2D eigenvalue weighted by Gasteiger charge is 2.35. The van der Waals surface area contributed by atoms with Crippen LogP contribution in [0.3, 0.4) is 0 Å². The van der Waals surface area contributed by atoms with E-state index in [-0.39, 0.29) is 22.0 Å². The lowest BCUT2D eigenvalue weighted by Crippen LogP contribution is -2.47. The zero-order chi connectivity index (χ0) is 15.4. The zero-order valence-corrected chi connectivity index (χ0v) is 14.5. The van der Waals surface area contributed by atoms with Crippen molar-refractivity contribution in [3.63, 3.8) is 0 Å². The molecule has 0 aromatic carbocycles. The summed E-state index contributed by atoms with van der Waals surface area (Å²) < 4.78 is 29.6. The molecule has 4 nitrogen and oxygen atoms in total. The van der Waals surface area contributed by atoms with Crippen LogP contribution in [0.1, 0.15) is 53.9 Å². The van der Waals surface area contributed by atoms with Gasteiger partial charge in [0.25, 0.3) is 0 Å². The molecule has 1 aliphatic heterocycles. The van der Waals surface area contributed by atoms with Gasteiger partial charge in [-0.05, 0) is 59.3 Å². The average molecular weight is 305 g/mol. The van der Waals surface area contributed by atoms with Crippen LogP contribution in [0.25, 0.3) is 0 Å². The third-order valence-corrected chi connectivity index (χ3v) is 6.39. The van der Waals surface area contributed by atoms with Crippen LogP contribution in [-0.2, 0) is 14.6 Å². The monoisotopic (exact) mass is 305 g/mol. The fourth-order valence-corrected chi connectivity index (χ4v) is 3.56. The molecule has 0 amide bonds. The third kappa shape index (κ3) is 5.70. The van der Waals surface area contributed by atoms with Gasteiger partial charge >= 0.3 is 0 Å². The van der Waals surface area contributed by atoms with E-state index in [0.717, 1.165) is 39.0 Å². The van der Waals surface area contributed by atoms with E-state index in [0.29, 0.717) is 0 Å². The standard InChI is InChI=1S/C15H31NO3S/c1-13(2)20(17,18)11-8-15(6-9-19-10-7-15)12-16-14(3,4)5/h13,16H,6-12H2,1-5H3. The SMILES string of the molecule is CC(C)S(=O)(=O)CCC1(CNC(C)(C)C)CCOCC1. The lowest BCUT2D eigenvalue weighted by molar-refractivity contribution is 0.0104. The number of nitrogens with one attached hydrogen (secondary N) is 1. The summed E-state index contributed by atoms with van der Waals surface area (Å²) in [5.41, 5.74) is 0.121. The quantitative estimate of drug-likeness (QED) is 0.818. The minimum Gasteiger partial charge on any atom is -0.381 e. The van der Waals surface area contributed by atoms with Crippen molar-refractivity contribution in [2.24, 2.45) is 5.41 Å². The Morgan fingerprint density at radius 3 is 2.20 bits per heavy atom. The molecule has 0 bridgehead atoms. The summed E-state index contributed by atoms with van der Waals surface area (Å²) in [6.07, 6.45) is 2.63. The van der Waals surface area contributed by atoms with Gasteiger partial charge in [0, 0.05) is 25.3 Å². The lowest BCUT2D eigenvalue weighted by Gasteiger charge is -2.39. The van der Waals surface area contributed by atoms with Gasteiger partial charge in [-0.1, -0.05) is 0 Å². The highest BCUT2D eigenvalue weighted by Crippen LogP contribution is 2.34. The number of rotatable bonds is 6. The maximum atomic E-state index is 12.1. The van der Waals surface area contributed by atoms with Crippen molar-refractivity contribution in [2.45, 2.75) is 64.7 Å². The molecule has 5 heteroatoms. The molecule has 1 aliphatic rings. The van der Waals surface area contributed by atoms with Crippen molar-refractivity contribution in [3.8, 4) is 0 Å². The van der Waals surface area contributed by atoms with Gasteiger partial charge in [-0.15, -0.1) is 0 Å². The van der Waals surface area contributed by atoms with Crippen molar-refractivity contribution < 1.29 is 13.2 Å². The Kier molecular flexibility index (Phi) is 6.05. The van der Waals surface area contributed by atoms with Crippen LogP contribution < -0.4 is 5.32 Å². The minimum atomic E-state index is -2.96. The first-order valence-electron chi connectivity index (χ1n) is 7.61. The Morgan fingerprint density at radius 2 is 1.75 bits per heavy atom. The van der Waals surface area contributed by atoms with Gasteiger partial charge in [0.2, 0.25) is 0 Å². The van der Waals surface area contributed by atoms with Gasteiger partial charge in [0.05, 0.1) is 11.0 Å². The van der Waals surface area contributed by atoms with Crippen LogP contribution in [-0.4, -0.2) is 44.7 Å². The normalized spacial score (nSPS) is 20.3. The van der Waals surface area contributed by atoms with Gasteiger partial charge in [0.1, 0.15) is 0 Å². The number of ether oxygens (including phenoxy) is 1. The molecule has 1 rings (SSSR count). The third-order valence-electron chi connectivity index (χ3n) is 4.18. The van der Waals surface area contributed by atoms with E-state index in [1.54, 1.807) is 13.8 Å². The molecular formula is C15H31NO3S. The van der Waals surface area contributed by atoms with Crippen molar-refractivity contribution in [2.75, 3.05) is 25.5 Å². The van der Waals surface area contributed by atoms with Crippen LogP contribution in [0, 0.1) is 5.41 Å². The maximum absolute atomic E-state index is 12.1. The summed E-state index contributed by atoms with van der Waals surface area (Å²) in [5, 5.41) is 3.27. The molecule has 0 aromatic rings. The van der Waals surface area contributed by atoms with Crippen LogP contribution in [0.4, 0.5) is 0 Å². The zero-order valence-electron chi connectivity index (χ0n) is 13.7. The smallest absolute Gasteiger partial charge is 0.152 e. The molecular weight excluding hydrogens is 274 g/mol. The summed E-state index contributed by atoms with van der Waals surface area (Å²) >= 11 is 0. The number of hydrogen-bond acceptors (Lipinski definition) is 4. The predicted octanol–water partition coefficient (Wildman–Crippen LogP) is 2.38. The molecule has 1 heterocycles. The van der Waals surface area contributed by atoms with E-state index in [4.69, 9.17) is 4.74 Å². The van der Waals surface area contributed by atoms with Crippen molar-refractivity contribution in [1.82, 2.24) is 5.32 Å². The van der Waals surface area contributed by atoms with E-state index >= 15 is 0 Å². The fraction of sp³-hybridized carbons (Fsp3) is 1.00. The van der Waals surface area contributed by atoms with Crippen LogP contribution in [0.15, 0.2) is 0 Å².